The van der Waals surface area contributed by atoms with Gasteiger partial charge in [-0.15, -0.1) is 11.3 Å². The molecule has 0 N–H and O–H groups in total. The summed E-state index contributed by atoms with van der Waals surface area (Å²) >= 11 is 2.68. The van der Waals surface area contributed by atoms with Gasteiger partial charge in [0.15, 0.2) is 4.34 Å². The summed E-state index contributed by atoms with van der Waals surface area (Å²) in [4.78, 5) is 29.5. The second-order valence-corrected chi connectivity index (χ2v) is 7.45. The lowest BCUT2D eigenvalue weighted by Gasteiger charge is -2.21. The SMILES string of the molecule is Cc1csc(Sc2ccc(C(=O)N(C)C(C)C)cc2[N+](=O)[O-])n1. The lowest BCUT2D eigenvalue weighted by molar-refractivity contribution is -0.387. The van der Waals surface area contributed by atoms with Gasteiger partial charge in [-0.3, -0.25) is 14.9 Å². The molecule has 0 saturated carbocycles. The Morgan fingerprint density at radius 3 is 2.65 bits per heavy atom. The summed E-state index contributed by atoms with van der Waals surface area (Å²) in [6.45, 7) is 5.65. The summed E-state index contributed by atoms with van der Waals surface area (Å²) in [6, 6.07) is 4.59. The fraction of sp³-hybridized carbons (Fsp3) is 0.333. The third-order valence-electron chi connectivity index (χ3n) is 3.29. The van der Waals surface area contributed by atoms with Crippen molar-refractivity contribution in [2.24, 2.45) is 0 Å². The van der Waals surface area contributed by atoms with Crippen molar-refractivity contribution in [2.75, 3.05) is 7.05 Å². The number of amides is 1. The Morgan fingerprint density at radius 1 is 1.43 bits per heavy atom. The van der Waals surface area contributed by atoms with Crippen LogP contribution in [-0.2, 0) is 0 Å². The van der Waals surface area contributed by atoms with E-state index >= 15 is 0 Å². The number of aryl methyl sites for hydroxylation is 1. The highest BCUT2D eigenvalue weighted by Gasteiger charge is 2.21. The van der Waals surface area contributed by atoms with Gasteiger partial charge in [0, 0.05) is 35.8 Å². The van der Waals surface area contributed by atoms with E-state index in [0.717, 1.165) is 10.0 Å². The number of thiazole rings is 1. The molecular formula is C15H17N3O3S2. The van der Waals surface area contributed by atoms with Crippen molar-refractivity contribution in [1.29, 1.82) is 0 Å². The van der Waals surface area contributed by atoms with Gasteiger partial charge in [0.25, 0.3) is 11.6 Å². The molecule has 23 heavy (non-hydrogen) atoms. The van der Waals surface area contributed by atoms with Crippen LogP contribution < -0.4 is 0 Å². The first kappa shape index (κ1) is 17.4. The maximum atomic E-state index is 12.3. The van der Waals surface area contributed by atoms with E-state index < -0.39 is 4.92 Å². The van der Waals surface area contributed by atoms with E-state index in [1.165, 1.54) is 29.2 Å². The molecule has 0 aliphatic rings. The van der Waals surface area contributed by atoms with Gasteiger partial charge in [-0.05, 0) is 32.9 Å². The Bertz CT molecular complexity index is 743. The number of rotatable bonds is 5. The van der Waals surface area contributed by atoms with Crippen molar-refractivity contribution in [1.82, 2.24) is 9.88 Å². The molecule has 1 heterocycles. The molecule has 1 amide bonds. The number of nitro benzene ring substituents is 1. The zero-order chi connectivity index (χ0) is 17.1. The van der Waals surface area contributed by atoms with Crippen LogP contribution in [0.4, 0.5) is 5.69 Å². The maximum Gasteiger partial charge on any atom is 0.284 e. The summed E-state index contributed by atoms with van der Waals surface area (Å²) in [6.07, 6.45) is 0. The third-order valence-corrected chi connectivity index (χ3v) is 5.41. The molecule has 2 aromatic rings. The van der Waals surface area contributed by atoms with Crippen LogP contribution in [0.1, 0.15) is 29.9 Å². The highest BCUT2D eigenvalue weighted by molar-refractivity contribution is 8.01. The summed E-state index contributed by atoms with van der Waals surface area (Å²) in [5.41, 5.74) is 1.11. The van der Waals surface area contributed by atoms with Gasteiger partial charge in [0.1, 0.15) is 0 Å². The monoisotopic (exact) mass is 351 g/mol. The van der Waals surface area contributed by atoms with Crippen molar-refractivity contribution in [3.63, 3.8) is 0 Å². The molecule has 2 rings (SSSR count). The number of hydrogen-bond donors (Lipinski definition) is 0. The lowest BCUT2D eigenvalue weighted by atomic mass is 10.1. The minimum Gasteiger partial charge on any atom is -0.339 e. The Morgan fingerprint density at radius 2 is 2.13 bits per heavy atom. The number of nitro groups is 1. The Hall–Kier alpha value is -1.93. The van der Waals surface area contributed by atoms with Crippen LogP contribution in [0, 0.1) is 17.0 Å². The van der Waals surface area contributed by atoms with E-state index in [9.17, 15) is 14.9 Å². The Kier molecular flexibility index (Phi) is 5.38. The van der Waals surface area contributed by atoms with Gasteiger partial charge in [-0.25, -0.2) is 4.98 Å². The Balaban J connectivity index is 2.35. The van der Waals surface area contributed by atoms with Crippen LogP contribution in [0.5, 0.6) is 0 Å². The highest BCUT2D eigenvalue weighted by atomic mass is 32.2. The molecule has 0 fully saturated rings. The fourth-order valence-electron chi connectivity index (χ4n) is 1.79. The number of carbonyl (C=O) groups is 1. The van der Waals surface area contributed by atoms with Crippen LogP contribution >= 0.6 is 23.1 Å². The minimum absolute atomic E-state index is 0.0221. The molecular weight excluding hydrogens is 334 g/mol. The van der Waals surface area contributed by atoms with Gasteiger partial charge < -0.3 is 4.90 Å². The van der Waals surface area contributed by atoms with Crippen molar-refractivity contribution in [3.8, 4) is 0 Å². The second kappa shape index (κ2) is 7.10. The predicted octanol–water partition coefficient (Wildman–Crippen LogP) is 3.99. The average Bonchev–Trinajstić information content (AvgIpc) is 2.91. The molecule has 0 radical (unpaired) electrons. The molecule has 0 spiro atoms. The van der Waals surface area contributed by atoms with Crippen LogP contribution in [0.15, 0.2) is 32.8 Å². The third kappa shape index (κ3) is 4.08. The summed E-state index contributed by atoms with van der Waals surface area (Å²) in [5, 5.41) is 13.2. The molecule has 0 aliphatic heterocycles. The molecule has 8 heteroatoms. The standard InChI is InChI=1S/C15H17N3O3S2/c1-9(2)17(4)14(19)11-5-6-13(12(7-11)18(20)21)23-15-16-10(3)8-22-15/h5-9H,1-4H3. The lowest BCUT2D eigenvalue weighted by Crippen LogP contribution is -2.32. The Labute approximate surface area is 142 Å². The molecule has 1 aromatic heterocycles. The molecule has 122 valence electrons. The first-order valence-corrected chi connectivity index (χ1v) is 8.64. The van der Waals surface area contributed by atoms with E-state index in [2.05, 4.69) is 4.98 Å². The van der Waals surface area contributed by atoms with Gasteiger partial charge in [0.05, 0.1) is 9.82 Å². The fourth-order valence-corrected chi connectivity index (χ4v) is 3.67. The van der Waals surface area contributed by atoms with Gasteiger partial charge in [0.2, 0.25) is 0 Å². The van der Waals surface area contributed by atoms with Crippen LogP contribution in [0.3, 0.4) is 0 Å². The number of carbonyl (C=O) groups excluding carboxylic acids is 1. The van der Waals surface area contributed by atoms with Crippen LogP contribution in [-0.4, -0.2) is 33.8 Å². The minimum atomic E-state index is -0.463. The van der Waals surface area contributed by atoms with E-state index in [1.807, 2.05) is 26.2 Å². The predicted molar refractivity (Wildman–Crippen MR) is 91.3 cm³/mol. The quantitative estimate of drug-likeness (QED) is 0.601. The van der Waals surface area contributed by atoms with Gasteiger partial charge in [-0.1, -0.05) is 11.8 Å². The number of aromatic nitrogens is 1. The summed E-state index contributed by atoms with van der Waals surface area (Å²) < 4.78 is 0.740. The number of benzene rings is 1. The van der Waals surface area contributed by atoms with E-state index in [-0.39, 0.29) is 17.6 Å². The molecule has 0 bridgehead atoms. The zero-order valence-electron chi connectivity index (χ0n) is 13.3. The van der Waals surface area contributed by atoms with Crippen molar-refractivity contribution >= 4 is 34.7 Å². The zero-order valence-corrected chi connectivity index (χ0v) is 14.9. The smallest absolute Gasteiger partial charge is 0.284 e. The molecule has 0 unspecified atom stereocenters. The van der Waals surface area contributed by atoms with Gasteiger partial charge >= 0.3 is 0 Å². The first-order valence-electron chi connectivity index (χ1n) is 6.95. The number of nitrogens with zero attached hydrogens (tertiary/aromatic N) is 3. The second-order valence-electron chi connectivity index (χ2n) is 5.31. The number of hydrogen-bond acceptors (Lipinski definition) is 6. The van der Waals surface area contributed by atoms with Gasteiger partial charge in [-0.2, -0.15) is 0 Å². The van der Waals surface area contributed by atoms with E-state index in [0.29, 0.717) is 10.5 Å². The normalized spacial score (nSPS) is 10.8. The molecule has 1 aromatic carbocycles. The molecule has 6 nitrogen and oxygen atoms in total. The largest absolute Gasteiger partial charge is 0.339 e. The van der Waals surface area contributed by atoms with E-state index in [1.54, 1.807) is 24.1 Å². The van der Waals surface area contributed by atoms with Crippen LogP contribution in [0.25, 0.3) is 0 Å². The van der Waals surface area contributed by atoms with E-state index in [4.69, 9.17) is 0 Å². The first-order chi connectivity index (χ1) is 10.8. The molecule has 0 aliphatic carbocycles. The van der Waals surface area contributed by atoms with Crippen LogP contribution in [0.2, 0.25) is 0 Å². The molecule has 0 atom stereocenters. The van der Waals surface area contributed by atoms with Crippen molar-refractivity contribution < 1.29 is 9.72 Å². The highest BCUT2D eigenvalue weighted by Crippen LogP contribution is 2.36. The van der Waals surface area contributed by atoms with Crippen molar-refractivity contribution in [3.05, 3.63) is 45.0 Å². The summed E-state index contributed by atoms with van der Waals surface area (Å²) in [7, 11) is 1.68. The maximum absolute atomic E-state index is 12.3. The molecule has 0 saturated heterocycles. The topological polar surface area (TPSA) is 76.3 Å². The van der Waals surface area contributed by atoms with Crippen molar-refractivity contribution in [2.45, 2.75) is 36.0 Å². The average molecular weight is 351 g/mol. The summed E-state index contributed by atoms with van der Waals surface area (Å²) in [5.74, 6) is -0.232.